The maximum absolute atomic E-state index is 11.0. The zero-order chi connectivity index (χ0) is 10.6. The van der Waals surface area contributed by atoms with Gasteiger partial charge in [-0.25, -0.2) is 0 Å². The molecule has 0 aliphatic carbocycles. The highest BCUT2D eigenvalue weighted by atomic mass is 16.1. The van der Waals surface area contributed by atoms with E-state index in [2.05, 4.69) is 5.32 Å². The van der Waals surface area contributed by atoms with Gasteiger partial charge < -0.3 is 11.1 Å². The number of nitrogens with one attached hydrogen (secondary N) is 1. The van der Waals surface area contributed by atoms with Gasteiger partial charge in [0, 0.05) is 5.69 Å². The van der Waals surface area contributed by atoms with E-state index in [1.54, 1.807) is 0 Å². The molecule has 0 atom stereocenters. The number of carbonyl (C=O) groups is 1. The number of hydrogen-bond acceptors (Lipinski definition) is 3. The van der Waals surface area contributed by atoms with Gasteiger partial charge in [-0.05, 0) is 25.0 Å². The minimum Gasteiger partial charge on any atom is -0.377 e. The van der Waals surface area contributed by atoms with Gasteiger partial charge in [-0.15, -0.1) is 0 Å². The van der Waals surface area contributed by atoms with Gasteiger partial charge in [0.25, 0.3) is 0 Å². The third-order valence-electron chi connectivity index (χ3n) is 2.17. The van der Waals surface area contributed by atoms with E-state index < -0.39 is 0 Å². The second kappa shape index (κ2) is 4.77. The van der Waals surface area contributed by atoms with Crippen LogP contribution in [0.5, 0.6) is 0 Å². The third kappa shape index (κ3) is 2.57. The molecule has 0 unspecified atom stereocenters. The lowest BCUT2D eigenvalue weighted by molar-refractivity contribution is -0.116. The van der Waals surface area contributed by atoms with Crippen LogP contribution in [0, 0.1) is 13.8 Å². The molecular formula is C11H16N2O. The SMILES string of the molecule is Cc1cccc(C)c1NCC(=O)CN. The number of Topliss-reactive ketones (excluding diaryl/α,β-unsaturated/α-hetero) is 1. The van der Waals surface area contributed by atoms with Gasteiger partial charge in [0.2, 0.25) is 0 Å². The highest BCUT2D eigenvalue weighted by Crippen LogP contribution is 2.18. The Labute approximate surface area is 84.3 Å². The Morgan fingerprint density at radius 3 is 2.43 bits per heavy atom. The summed E-state index contributed by atoms with van der Waals surface area (Å²) in [6.45, 7) is 4.44. The molecule has 3 nitrogen and oxygen atoms in total. The van der Waals surface area contributed by atoms with Crippen LogP contribution in [0.3, 0.4) is 0 Å². The zero-order valence-electron chi connectivity index (χ0n) is 8.63. The van der Waals surface area contributed by atoms with Crippen molar-refractivity contribution in [3.63, 3.8) is 0 Å². The van der Waals surface area contributed by atoms with Crippen LogP contribution in [0.1, 0.15) is 11.1 Å². The Bertz CT molecular complexity index is 314. The number of ketones is 1. The fourth-order valence-corrected chi connectivity index (χ4v) is 1.35. The predicted molar refractivity (Wildman–Crippen MR) is 58.5 cm³/mol. The number of hydrogen-bond donors (Lipinski definition) is 2. The molecule has 0 bridgehead atoms. The van der Waals surface area contributed by atoms with Gasteiger partial charge in [0.1, 0.15) is 0 Å². The lowest BCUT2D eigenvalue weighted by Gasteiger charge is -2.11. The van der Waals surface area contributed by atoms with E-state index >= 15 is 0 Å². The molecular weight excluding hydrogens is 176 g/mol. The van der Waals surface area contributed by atoms with Crippen molar-refractivity contribution >= 4 is 11.5 Å². The van der Waals surface area contributed by atoms with E-state index in [0.29, 0.717) is 6.54 Å². The summed E-state index contributed by atoms with van der Waals surface area (Å²) >= 11 is 0. The summed E-state index contributed by atoms with van der Waals surface area (Å²) in [7, 11) is 0. The Morgan fingerprint density at radius 2 is 1.93 bits per heavy atom. The van der Waals surface area contributed by atoms with E-state index in [0.717, 1.165) is 16.8 Å². The Balaban J connectivity index is 2.71. The summed E-state index contributed by atoms with van der Waals surface area (Å²) in [5.74, 6) is 0.0210. The molecule has 0 aromatic heterocycles. The van der Waals surface area contributed by atoms with Gasteiger partial charge >= 0.3 is 0 Å². The fraction of sp³-hybridized carbons (Fsp3) is 0.364. The molecule has 0 fully saturated rings. The van der Waals surface area contributed by atoms with Crippen LogP contribution < -0.4 is 11.1 Å². The third-order valence-corrected chi connectivity index (χ3v) is 2.17. The molecule has 3 heteroatoms. The molecule has 0 amide bonds. The first-order chi connectivity index (χ1) is 6.65. The largest absolute Gasteiger partial charge is 0.377 e. The summed E-state index contributed by atoms with van der Waals surface area (Å²) < 4.78 is 0. The molecule has 1 aromatic carbocycles. The van der Waals surface area contributed by atoms with E-state index in [1.165, 1.54) is 0 Å². The molecule has 14 heavy (non-hydrogen) atoms. The minimum absolute atomic E-state index is 0.0210. The van der Waals surface area contributed by atoms with E-state index in [1.807, 2.05) is 32.0 Å². The van der Waals surface area contributed by atoms with Gasteiger partial charge in [-0.2, -0.15) is 0 Å². The van der Waals surface area contributed by atoms with Gasteiger partial charge in [-0.3, -0.25) is 4.79 Å². The van der Waals surface area contributed by atoms with Crippen molar-refractivity contribution in [3.8, 4) is 0 Å². The second-order valence-corrected chi connectivity index (χ2v) is 3.36. The number of nitrogens with two attached hydrogens (primary N) is 1. The summed E-state index contributed by atoms with van der Waals surface area (Å²) in [4.78, 5) is 11.0. The van der Waals surface area contributed by atoms with Gasteiger partial charge in [0.15, 0.2) is 5.78 Å². The van der Waals surface area contributed by atoms with Crippen LogP contribution in [-0.4, -0.2) is 18.9 Å². The first-order valence-corrected chi connectivity index (χ1v) is 4.67. The van der Waals surface area contributed by atoms with Crippen LogP contribution in [0.2, 0.25) is 0 Å². The van der Waals surface area contributed by atoms with Gasteiger partial charge in [-0.1, -0.05) is 18.2 Å². The molecule has 0 spiro atoms. The summed E-state index contributed by atoms with van der Waals surface area (Å²) in [5, 5.41) is 3.10. The molecule has 0 radical (unpaired) electrons. The van der Waals surface area contributed by atoms with Crippen LogP contribution in [0.4, 0.5) is 5.69 Å². The molecule has 0 aliphatic heterocycles. The first kappa shape index (κ1) is 10.7. The maximum atomic E-state index is 11.0. The quantitative estimate of drug-likeness (QED) is 0.754. The standard InChI is InChI=1S/C11H16N2O/c1-8-4-3-5-9(2)11(8)13-7-10(14)6-12/h3-5,13H,6-7,12H2,1-2H3. The number of aryl methyl sites for hydroxylation is 2. The Morgan fingerprint density at radius 1 is 1.36 bits per heavy atom. The van der Waals surface area contributed by atoms with Gasteiger partial charge in [0.05, 0.1) is 13.1 Å². The molecule has 0 saturated heterocycles. The molecule has 76 valence electrons. The van der Waals surface area contributed by atoms with Crippen LogP contribution >= 0.6 is 0 Å². The van der Waals surface area contributed by atoms with Crippen LogP contribution in [-0.2, 0) is 4.79 Å². The molecule has 3 N–H and O–H groups in total. The van der Waals surface area contributed by atoms with E-state index in [9.17, 15) is 4.79 Å². The average molecular weight is 192 g/mol. The van der Waals surface area contributed by atoms with Crippen molar-refractivity contribution < 1.29 is 4.79 Å². The molecule has 0 heterocycles. The summed E-state index contributed by atoms with van der Waals surface area (Å²) in [5.41, 5.74) is 8.56. The second-order valence-electron chi connectivity index (χ2n) is 3.36. The van der Waals surface area contributed by atoms with E-state index in [-0.39, 0.29) is 12.3 Å². The maximum Gasteiger partial charge on any atom is 0.165 e. The van der Waals surface area contributed by atoms with Crippen molar-refractivity contribution in [1.82, 2.24) is 0 Å². The lowest BCUT2D eigenvalue weighted by Crippen LogP contribution is -2.22. The summed E-state index contributed by atoms with van der Waals surface area (Å²) in [6.07, 6.45) is 0. The smallest absolute Gasteiger partial charge is 0.165 e. The monoisotopic (exact) mass is 192 g/mol. The number of para-hydroxylation sites is 1. The van der Waals surface area contributed by atoms with Crippen LogP contribution in [0.25, 0.3) is 0 Å². The number of benzene rings is 1. The fourth-order valence-electron chi connectivity index (χ4n) is 1.35. The summed E-state index contributed by atoms with van der Waals surface area (Å²) in [6, 6.07) is 6.03. The molecule has 1 aromatic rings. The van der Waals surface area contributed by atoms with Crippen LogP contribution in [0.15, 0.2) is 18.2 Å². The van der Waals surface area contributed by atoms with Crippen molar-refractivity contribution in [2.24, 2.45) is 5.73 Å². The Kier molecular flexibility index (Phi) is 3.65. The average Bonchev–Trinajstić information content (AvgIpc) is 2.16. The normalized spacial score (nSPS) is 9.93. The lowest BCUT2D eigenvalue weighted by atomic mass is 10.1. The highest BCUT2D eigenvalue weighted by molar-refractivity contribution is 5.84. The predicted octanol–water partition coefficient (Wildman–Crippen LogP) is 1.24. The molecule has 1 rings (SSSR count). The number of anilines is 1. The Hall–Kier alpha value is -1.35. The zero-order valence-corrected chi connectivity index (χ0v) is 8.63. The van der Waals surface area contributed by atoms with Crippen molar-refractivity contribution in [1.29, 1.82) is 0 Å². The van der Waals surface area contributed by atoms with Crippen molar-refractivity contribution in [2.45, 2.75) is 13.8 Å². The number of carbonyl (C=O) groups excluding carboxylic acids is 1. The molecule has 0 aliphatic rings. The first-order valence-electron chi connectivity index (χ1n) is 4.67. The highest BCUT2D eigenvalue weighted by Gasteiger charge is 2.03. The van der Waals surface area contributed by atoms with Crippen molar-refractivity contribution in [3.05, 3.63) is 29.3 Å². The molecule has 0 saturated carbocycles. The minimum atomic E-state index is 0.0210. The number of rotatable bonds is 4. The topological polar surface area (TPSA) is 55.1 Å². The van der Waals surface area contributed by atoms with Crippen molar-refractivity contribution in [2.75, 3.05) is 18.4 Å². The van der Waals surface area contributed by atoms with E-state index in [4.69, 9.17) is 5.73 Å².